The number of alkyl carbamates (subject to hydrolysis) is 1. The van der Waals surface area contributed by atoms with Crippen molar-refractivity contribution >= 4 is 35.9 Å². The number of nitriles is 1. The van der Waals surface area contributed by atoms with Gasteiger partial charge in [-0.05, 0) is 44.4 Å². The Morgan fingerprint density at radius 3 is 2.46 bits per heavy atom. The second kappa shape index (κ2) is 14.2. The van der Waals surface area contributed by atoms with Crippen molar-refractivity contribution in [2.45, 2.75) is 51.3 Å². The first-order chi connectivity index (χ1) is 17.3. The molecular weight excluding hydrogens is 482 g/mol. The molecule has 0 aromatic heterocycles. The van der Waals surface area contributed by atoms with E-state index in [2.05, 4.69) is 21.9 Å². The van der Waals surface area contributed by atoms with Gasteiger partial charge in [-0.3, -0.25) is 19.2 Å². The van der Waals surface area contributed by atoms with E-state index in [0.717, 1.165) is 12.0 Å². The Bertz CT molecular complexity index is 1060. The molecule has 1 aromatic rings. The Labute approximate surface area is 215 Å². The van der Waals surface area contributed by atoms with Gasteiger partial charge >= 0.3 is 12.1 Å². The number of nitrogens with zero attached hydrogens (tertiary/aromatic N) is 2. The number of rotatable bonds is 12. The molecule has 4 amide bonds. The summed E-state index contributed by atoms with van der Waals surface area (Å²) in [5.74, 6) is -3.06. The zero-order chi connectivity index (χ0) is 28.2. The highest BCUT2D eigenvalue weighted by molar-refractivity contribution is 5.93. The number of ether oxygens (including phenoxy) is 2. The predicted molar refractivity (Wildman–Crippen MR) is 133 cm³/mol. The zero-order valence-corrected chi connectivity index (χ0v) is 21.4. The molecule has 0 radical (unpaired) electrons. The van der Waals surface area contributed by atoms with Gasteiger partial charge in [0, 0.05) is 6.42 Å². The maximum absolute atomic E-state index is 13.7. The molecule has 0 fully saturated rings. The van der Waals surface area contributed by atoms with Crippen LogP contribution in [0.2, 0.25) is 0 Å². The van der Waals surface area contributed by atoms with Gasteiger partial charge in [0.05, 0.1) is 13.2 Å². The van der Waals surface area contributed by atoms with Gasteiger partial charge in [-0.1, -0.05) is 30.9 Å². The second-order valence-electron chi connectivity index (χ2n) is 8.90. The smallest absolute Gasteiger partial charge is 0.408 e. The van der Waals surface area contributed by atoms with Crippen molar-refractivity contribution in [2.24, 2.45) is 5.73 Å². The van der Waals surface area contributed by atoms with E-state index >= 15 is 0 Å². The highest BCUT2D eigenvalue weighted by atomic mass is 16.6. The molecule has 2 unspecified atom stereocenters. The molecule has 0 aliphatic carbocycles. The Balaban J connectivity index is 3.49. The van der Waals surface area contributed by atoms with Crippen LogP contribution >= 0.6 is 0 Å². The molecule has 12 heteroatoms. The van der Waals surface area contributed by atoms with Gasteiger partial charge in [0.25, 0.3) is 0 Å². The van der Waals surface area contributed by atoms with Gasteiger partial charge in [0.15, 0.2) is 0 Å². The lowest BCUT2D eigenvalue weighted by atomic mass is 9.99. The lowest BCUT2D eigenvalue weighted by Crippen LogP contribution is -2.53. The monoisotopic (exact) mass is 515 g/mol. The number of hydrogen-bond acceptors (Lipinski definition) is 8. The van der Waals surface area contributed by atoms with Crippen molar-refractivity contribution < 1.29 is 33.4 Å². The minimum atomic E-state index is -1.38. The number of methoxy groups -OCH3 is 1. The van der Waals surface area contributed by atoms with Gasteiger partial charge in [-0.15, -0.1) is 0 Å². The third-order valence-corrected chi connectivity index (χ3v) is 4.85. The van der Waals surface area contributed by atoms with Crippen molar-refractivity contribution in [3.63, 3.8) is 0 Å². The lowest BCUT2D eigenvalue weighted by Gasteiger charge is -2.33. The molecule has 12 nitrogen and oxygen atoms in total. The molecule has 0 saturated heterocycles. The lowest BCUT2D eigenvalue weighted by molar-refractivity contribution is -0.144. The first-order valence-corrected chi connectivity index (χ1v) is 11.3. The number of hydrogen-bond donors (Lipinski definition) is 3. The molecule has 1 aromatic carbocycles. The van der Waals surface area contributed by atoms with Crippen LogP contribution < -0.4 is 16.4 Å². The highest BCUT2D eigenvalue weighted by Crippen LogP contribution is 2.24. The van der Waals surface area contributed by atoms with Crippen LogP contribution in [0.1, 0.15) is 50.8 Å². The largest absolute Gasteiger partial charge is 0.468 e. The predicted octanol–water partition coefficient (Wildman–Crippen LogP) is 1.17. The molecule has 1 rings (SSSR count). The molecule has 2 atom stereocenters. The van der Waals surface area contributed by atoms with Crippen molar-refractivity contribution in [2.75, 3.05) is 20.2 Å². The molecule has 0 aliphatic heterocycles. The normalized spacial score (nSPS) is 12.2. The van der Waals surface area contributed by atoms with Crippen LogP contribution in [-0.2, 0) is 28.7 Å². The topological polar surface area (TPSA) is 181 Å². The molecule has 0 bridgehead atoms. The van der Waals surface area contributed by atoms with E-state index < -0.39 is 60.6 Å². The summed E-state index contributed by atoms with van der Waals surface area (Å²) >= 11 is 0. The van der Waals surface area contributed by atoms with Crippen LogP contribution in [0.3, 0.4) is 0 Å². The van der Waals surface area contributed by atoms with Crippen molar-refractivity contribution in [1.29, 1.82) is 5.26 Å². The Morgan fingerprint density at radius 2 is 1.92 bits per heavy atom. The second-order valence-corrected chi connectivity index (χ2v) is 8.90. The first-order valence-electron chi connectivity index (χ1n) is 11.3. The standard InChI is InChI=1S/C25H33N5O7/c1-6-16-8-7-9-17(14-16)21(22(33)28-15-20(32)36-5)30(13-12-26)23(34)18(10-11-19(27)31)29-24(35)37-25(2,3)4/h6-9,14,18,21H,1,10-11,13,15H2,2-5H3,(H2,27,31)(H,28,33)(H,29,35). The fraction of sp³-hybridized carbons (Fsp3) is 0.440. The average Bonchev–Trinajstić information content (AvgIpc) is 2.83. The van der Waals surface area contributed by atoms with E-state index in [4.69, 9.17) is 10.5 Å². The molecule has 37 heavy (non-hydrogen) atoms. The van der Waals surface area contributed by atoms with Crippen LogP contribution in [0.5, 0.6) is 0 Å². The molecular formula is C25H33N5O7. The van der Waals surface area contributed by atoms with Crippen LogP contribution in [0, 0.1) is 11.3 Å². The fourth-order valence-corrected chi connectivity index (χ4v) is 3.22. The number of nitrogens with one attached hydrogen (secondary N) is 2. The number of amides is 4. The summed E-state index contributed by atoms with van der Waals surface area (Å²) in [6.45, 7) is 7.54. The maximum Gasteiger partial charge on any atom is 0.408 e. The summed E-state index contributed by atoms with van der Waals surface area (Å²) in [6, 6.07) is 5.61. The number of carbonyl (C=O) groups is 5. The van der Waals surface area contributed by atoms with E-state index in [1.165, 1.54) is 6.08 Å². The van der Waals surface area contributed by atoms with Crippen LogP contribution in [0.25, 0.3) is 6.08 Å². The zero-order valence-electron chi connectivity index (χ0n) is 21.4. The van der Waals surface area contributed by atoms with Gasteiger partial charge in [-0.25, -0.2) is 4.79 Å². The van der Waals surface area contributed by atoms with Crippen LogP contribution in [-0.4, -0.2) is 66.5 Å². The van der Waals surface area contributed by atoms with Crippen molar-refractivity contribution in [3.8, 4) is 6.07 Å². The van der Waals surface area contributed by atoms with Crippen molar-refractivity contribution in [1.82, 2.24) is 15.5 Å². The molecule has 0 aliphatic rings. The summed E-state index contributed by atoms with van der Waals surface area (Å²) in [6.07, 6.45) is 0.118. The third kappa shape index (κ3) is 10.4. The molecule has 200 valence electrons. The first kappa shape index (κ1) is 30.6. The maximum atomic E-state index is 13.7. The van der Waals surface area contributed by atoms with Gasteiger partial charge in [0.1, 0.15) is 30.8 Å². The van der Waals surface area contributed by atoms with Gasteiger partial charge in [0.2, 0.25) is 17.7 Å². The van der Waals surface area contributed by atoms with E-state index in [0.29, 0.717) is 11.1 Å². The van der Waals surface area contributed by atoms with Crippen LogP contribution in [0.15, 0.2) is 30.8 Å². The minimum absolute atomic E-state index is 0.210. The summed E-state index contributed by atoms with van der Waals surface area (Å²) in [5, 5.41) is 14.3. The highest BCUT2D eigenvalue weighted by Gasteiger charge is 2.36. The summed E-state index contributed by atoms with van der Waals surface area (Å²) < 4.78 is 9.77. The summed E-state index contributed by atoms with van der Waals surface area (Å²) in [7, 11) is 1.15. The SMILES string of the molecule is C=Cc1cccc(C(C(=O)NCC(=O)OC)N(CC#N)C(=O)C(CCC(N)=O)NC(=O)OC(C)(C)C)c1. The van der Waals surface area contributed by atoms with E-state index in [9.17, 15) is 29.2 Å². The third-order valence-electron chi connectivity index (χ3n) is 4.85. The van der Waals surface area contributed by atoms with E-state index in [1.54, 1.807) is 45.0 Å². The van der Waals surface area contributed by atoms with Gasteiger partial charge < -0.3 is 30.7 Å². The molecule has 0 heterocycles. The fourth-order valence-electron chi connectivity index (χ4n) is 3.22. The molecule has 0 saturated carbocycles. The Kier molecular flexibility index (Phi) is 11.8. The van der Waals surface area contributed by atoms with E-state index in [-0.39, 0.29) is 12.8 Å². The number of carbonyl (C=O) groups excluding carboxylic acids is 5. The minimum Gasteiger partial charge on any atom is -0.468 e. The average molecular weight is 516 g/mol. The summed E-state index contributed by atoms with van der Waals surface area (Å²) in [4.78, 5) is 63.3. The number of esters is 1. The number of benzene rings is 1. The molecule has 4 N–H and O–H groups in total. The summed E-state index contributed by atoms with van der Waals surface area (Å²) in [5.41, 5.74) is 5.31. The van der Waals surface area contributed by atoms with E-state index in [1.807, 2.05) is 6.07 Å². The Morgan fingerprint density at radius 1 is 1.24 bits per heavy atom. The van der Waals surface area contributed by atoms with Crippen LogP contribution in [0.4, 0.5) is 4.79 Å². The van der Waals surface area contributed by atoms with Crippen molar-refractivity contribution in [3.05, 3.63) is 42.0 Å². The number of primary amides is 1. The van der Waals surface area contributed by atoms with Gasteiger partial charge in [-0.2, -0.15) is 5.26 Å². The Hall–Kier alpha value is -4.40. The quantitative estimate of drug-likeness (QED) is 0.274. The number of nitrogens with two attached hydrogens (primary N) is 1. The molecule has 0 spiro atoms.